The van der Waals surface area contributed by atoms with Gasteiger partial charge in [-0.1, -0.05) is 45.7 Å². The average Bonchev–Trinajstić information content (AvgIpc) is 2.26. The monoisotopic (exact) mass is 256 g/mol. The standard InChI is InChI=1S/C18H21F/c1-6-16-15(13-7-9-14(19)10-8-13)11-17(2,3)12-18(16,4)5/h1,7-10H,11-12H2,2-5H3. The van der Waals surface area contributed by atoms with Crippen molar-refractivity contribution < 1.29 is 4.39 Å². The second kappa shape index (κ2) is 4.53. The predicted molar refractivity (Wildman–Crippen MR) is 78.9 cm³/mol. The highest BCUT2D eigenvalue weighted by molar-refractivity contribution is 5.75. The van der Waals surface area contributed by atoms with Gasteiger partial charge in [-0.05, 0) is 46.9 Å². The number of hydrogen-bond donors (Lipinski definition) is 0. The minimum atomic E-state index is -0.207. The number of benzene rings is 1. The maximum absolute atomic E-state index is 13.1. The molecule has 1 aliphatic rings. The SMILES string of the molecule is C#CC1=C(c2ccc(F)cc2)CC(C)(C)CC1(C)C. The lowest BCUT2D eigenvalue weighted by atomic mass is 9.62. The van der Waals surface area contributed by atoms with Gasteiger partial charge in [0.25, 0.3) is 0 Å². The normalized spacial score (nSPS) is 21.1. The predicted octanol–water partition coefficient (Wildman–Crippen LogP) is 5.06. The summed E-state index contributed by atoms with van der Waals surface area (Å²) >= 11 is 0. The van der Waals surface area contributed by atoms with Crippen molar-refractivity contribution in [2.24, 2.45) is 10.8 Å². The summed E-state index contributed by atoms with van der Waals surface area (Å²) in [4.78, 5) is 0. The minimum absolute atomic E-state index is 0.000218. The van der Waals surface area contributed by atoms with Crippen LogP contribution in [0.3, 0.4) is 0 Å². The van der Waals surface area contributed by atoms with Crippen LogP contribution in [0.1, 0.15) is 46.1 Å². The van der Waals surface area contributed by atoms with E-state index in [4.69, 9.17) is 6.42 Å². The van der Waals surface area contributed by atoms with Gasteiger partial charge < -0.3 is 0 Å². The first-order valence-corrected chi connectivity index (χ1v) is 6.71. The largest absolute Gasteiger partial charge is 0.207 e. The van der Waals surface area contributed by atoms with Gasteiger partial charge in [-0.25, -0.2) is 4.39 Å². The third kappa shape index (κ3) is 2.73. The highest BCUT2D eigenvalue weighted by atomic mass is 19.1. The van der Waals surface area contributed by atoms with Gasteiger partial charge >= 0.3 is 0 Å². The van der Waals surface area contributed by atoms with Gasteiger partial charge in [0.1, 0.15) is 5.82 Å². The fourth-order valence-electron chi connectivity index (χ4n) is 3.50. The first-order valence-electron chi connectivity index (χ1n) is 6.71. The molecule has 1 aliphatic carbocycles. The molecule has 0 heterocycles. The molecule has 1 aromatic carbocycles. The summed E-state index contributed by atoms with van der Waals surface area (Å²) in [6.45, 7) is 8.94. The van der Waals surface area contributed by atoms with Crippen molar-refractivity contribution in [1.29, 1.82) is 0 Å². The Bertz CT molecular complexity index is 550. The molecule has 1 heteroatoms. The Morgan fingerprint density at radius 3 is 2.21 bits per heavy atom. The molecule has 0 radical (unpaired) electrons. The van der Waals surface area contributed by atoms with Gasteiger partial charge in [-0.15, -0.1) is 6.42 Å². The zero-order valence-electron chi connectivity index (χ0n) is 12.2. The number of terminal acetylenes is 1. The number of allylic oxidation sites excluding steroid dienone is 2. The highest BCUT2D eigenvalue weighted by Gasteiger charge is 2.38. The lowest BCUT2D eigenvalue weighted by Crippen LogP contribution is -2.30. The molecular weight excluding hydrogens is 235 g/mol. The van der Waals surface area contributed by atoms with Gasteiger partial charge in [-0.2, -0.15) is 0 Å². The first kappa shape index (κ1) is 13.9. The number of halogens is 1. The first-order chi connectivity index (χ1) is 8.75. The Balaban J connectivity index is 2.59. The second-order valence-electron chi connectivity index (χ2n) is 6.91. The van der Waals surface area contributed by atoms with Crippen LogP contribution in [0.15, 0.2) is 29.8 Å². The molecule has 0 saturated heterocycles. The molecule has 2 rings (SSSR count). The summed E-state index contributed by atoms with van der Waals surface area (Å²) in [5.41, 5.74) is 3.53. The van der Waals surface area contributed by atoms with Crippen molar-refractivity contribution in [3.63, 3.8) is 0 Å². The van der Waals surface area contributed by atoms with Crippen LogP contribution in [0.4, 0.5) is 4.39 Å². The van der Waals surface area contributed by atoms with E-state index < -0.39 is 0 Å². The van der Waals surface area contributed by atoms with Crippen molar-refractivity contribution in [3.8, 4) is 12.3 Å². The maximum atomic E-state index is 13.1. The van der Waals surface area contributed by atoms with Crippen LogP contribution in [-0.2, 0) is 0 Å². The molecule has 0 bridgehead atoms. The van der Waals surface area contributed by atoms with Crippen molar-refractivity contribution in [2.45, 2.75) is 40.5 Å². The van der Waals surface area contributed by atoms with Crippen LogP contribution in [0.5, 0.6) is 0 Å². The Hall–Kier alpha value is -1.55. The molecule has 0 amide bonds. The molecule has 100 valence electrons. The summed E-state index contributed by atoms with van der Waals surface area (Å²) in [5.74, 6) is 2.67. The molecule has 19 heavy (non-hydrogen) atoms. The topological polar surface area (TPSA) is 0 Å². The van der Waals surface area contributed by atoms with Gasteiger partial charge in [0.15, 0.2) is 0 Å². The molecule has 0 atom stereocenters. The van der Waals surface area contributed by atoms with Crippen molar-refractivity contribution >= 4 is 5.57 Å². The molecule has 0 aliphatic heterocycles. The van der Waals surface area contributed by atoms with Gasteiger partial charge in [0.2, 0.25) is 0 Å². The molecular formula is C18H21F. The fourth-order valence-corrected chi connectivity index (χ4v) is 3.50. The highest BCUT2D eigenvalue weighted by Crippen LogP contribution is 2.51. The number of hydrogen-bond acceptors (Lipinski definition) is 0. The third-order valence-electron chi connectivity index (χ3n) is 3.89. The van der Waals surface area contributed by atoms with Crippen LogP contribution in [0.2, 0.25) is 0 Å². The zero-order chi connectivity index (χ0) is 14.3. The summed E-state index contributed by atoms with van der Waals surface area (Å²) in [7, 11) is 0. The van der Waals surface area contributed by atoms with E-state index in [9.17, 15) is 4.39 Å². The van der Waals surface area contributed by atoms with Crippen LogP contribution in [-0.4, -0.2) is 0 Å². The third-order valence-corrected chi connectivity index (χ3v) is 3.89. The molecule has 0 spiro atoms. The second-order valence-corrected chi connectivity index (χ2v) is 6.91. The lowest BCUT2D eigenvalue weighted by molar-refractivity contribution is 0.221. The lowest BCUT2D eigenvalue weighted by Gasteiger charge is -2.42. The Labute approximate surface area is 115 Å². The van der Waals surface area contributed by atoms with Crippen LogP contribution >= 0.6 is 0 Å². The molecule has 0 fully saturated rings. The van der Waals surface area contributed by atoms with Gasteiger partial charge in [-0.3, -0.25) is 0 Å². The molecule has 0 aromatic heterocycles. The average molecular weight is 256 g/mol. The summed E-state index contributed by atoms with van der Waals surface area (Å²) < 4.78 is 13.1. The van der Waals surface area contributed by atoms with Crippen LogP contribution < -0.4 is 0 Å². The van der Waals surface area contributed by atoms with E-state index in [0.29, 0.717) is 0 Å². The van der Waals surface area contributed by atoms with Crippen molar-refractivity contribution in [2.75, 3.05) is 0 Å². The summed E-state index contributed by atoms with van der Waals surface area (Å²) in [5, 5.41) is 0. The molecule has 0 saturated carbocycles. The van der Waals surface area contributed by atoms with E-state index in [1.807, 2.05) is 12.1 Å². The smallest absolute Gasteiger partial charge is 0.123 e. The van der Waals surface area contributed by atoms with E-state index in [0.717, 1.165) is 24.0 Å². The van der Waals surface area contributed by atoms with E-state index in [-0.39, 0.29) is 16.6 Å². The molecule has 0 unspecified atom stereocenters. The maximum Gasteiger partial charge on any atom is 0.123 e. The Kier molecular flexibility index (Phi) is 3.31. The van der Waals surface area contributed by atoms with E-state index in [1.54, 1.807) is 0 Å². The van der Waals surface area contributed by atoms with Crippen molar-refractivity contribution in [1.82, 2.24) is 0 Å². The number of rotatable bonds is 1. The zero-order valence-corrected chi connectivity index (χ0v) is 12.2. The molecule has 0 N–H and O–H groups in total. The van der Waals surface area contributed by atoms with Crippen molar-refractivity contribution in [3.05, 3.63) is 41.2 Å². The van der Waals surface area contributed by atoms with E-state index >= 15 is 0 Å². The van der Waals surface area contributed by atoms with Gasteiger partial charge in [0, 0.05) is 5.57 Å². The molecule has 0 nitrogen and oxygen atoms in total. The Morgan fingerprint density at radius 1 is 1.11 bits per heavy atom. The summed E-state index contributed by atoms with van der Waals surface area (Å²) in [6, 6.07) is 6.68. The Morgan fingerprint density at radius 2 is 1.68 bits per heavy atom. The fraction of sp³-hybridized carbons (Fsp3) is 0.444. The quantitative estimate of drug-likeness (QED) is 0.616. The van der Waals surface area contributed by atoms with Gasteiger partial charge in [0.05, 0.1) is 0 Å². The minimum Gasteiger partial charge on any atom is -0.207 e. The van der Waals surface area contributed by atoms with E-state index in [1.165, 1.54) is 17.7 Å². The van der Waals surface area contributed by atoms with E-state index in [2.05, 4.69) is 33.6 Å². The van der Waals surface area contributed by atoms with Crippen LogP contribution in [0, 0.1) is 29.0 Å². The summed E-state index contributed by atoms with van der Waals surface area (Å²) in [6.07, 6.45) is 7.76. The molecule has 1 aromatic rings. The van der Waals surface area contributed by atoms with Crippen LogP contribution in [0.25, 0.3) is 5.57 Å².